The monoisotopic (exact) mass is 278 g/mol. The van der Waals surface area contributed by atoms with Gasteiger partial charge in [0.05, 0.1) is 0 Å². The lowest BCUT2D eigenvalue weighted by Gasteiger charge is -2.38. The number of nitrogens with one attached hydrogen (secondary N) is 1. The van der Waals surface area contributed by atoms with E-state index >= 15 is 0 Å². The Morgan fingerprint density at radius 3 is 2.60 bits per heavy atom. The van der Waals surface area contributed by atoms with Gasteiger partial charge in [0, 0.05) is 25.8 Å². The lowest BCUT2D eigenvalue weighted by Crippen LogP contribution is -2.45. The minimum Gasteiger partial charge on any atom is -0.476 e. The Morgan fingerprint density at radius 1 is 1.30 bits per heavy atom. The second-order valence-electron chi connectivity index (χ2n) is 5.65. The average molecular weight is 278 g/mol. The Morgan fingerprint density at radius 2 is 2.05 bits per heavy atom. The maximum atomic E-state index is 12.3. The van der Waals surface area contributed by atoms with Crippen molar-refractivity contribution in [2.45, 2.75) is 19.3 Å². The van der Waals surface area contributed by atoms with Gasteiger partial charge in [-0.2, -0.15) is 9.78 Å². The van der Waals surface area contributed by atoms with E-state index in [1.807, 2.05) is 0 Å². The van der Waals surface area contributed by atoms with Crippen LogP contribution in [0.1, 0.15) is 29.8 Å². The highest BCUT2D eigenvalue weighted by molar-refractivity contribution is 5.86. The molecule has 0 atom stereocenters. The molecular formula is C13H18N4O3. The predicted molar refractivity (Wildman–Crippen MR) is 70.7 cm³/mol. The van der Waals surface area contributed by atoms with Gasteiger partial charge >= 0.3 is 12.0 Å². The molecule has 0 aromatic carbocycles. The quantitative estimate of drug-likeness (QED) is 0.786. The maximum absolute atomic E-state index is 12.3. The van der Waals surface area contributed by atoms with E-state index < -0.39 is 5.97 Å². The van der Waals surface area contributed by atoms with Gasteiger partial charge in [-0.3, -0.25) is 0 Å². The van der Waals surface area contributed by atoms with E-state index in [1.54, 1.807) is 4.90 Å². The number of hydrogen-bond acceptors (Lipinski definition) is 4. The number of hydrogen-bond donors (Lipinski definition) is 2. The number of carboxylic acid groups (broad SMARTS) is 1. The van der Waals surface area contributed by atoms with Gasteiger partial charge < -0.3 is 15.3 Å². The molecule has 0 aliphatic carbocycles. The van der Waals surface area contributed by atoms with Crippen molar-refractivity contribution in [2.24, 2.45) is 5.41 Å². The molecule has 2 fully saturated rings. The van der Waals surface area contributed by atoms with Gasteiger partial charge in [0.25, 0.3) is 0 Å². The summed E-state index contributed by atoms with van der Waals surface area (Å²) in [5, 5.41) is 16.0. The van der Waals surface area contributed by atoms with Crippen LogP contribution in [0.15, 0.2) is 12.3 Å². The van der Waals surface area contributed by atoms with Crippen molar-refractivity contribution in [3.63, 3.8) is 0 Å². The third-order valence-electron chi connectivity index (χ3n) is 4.43. The van der Waals surface area contributed by atoms with Crippen LogP contribution in [0.4, 0.5) is 4.79 Å². The number of likely N-dealkylation sites (tertiary alicyclic amines) is 1. The second kappa shape index (κ2) is 4.90. The molecule has 2 N–H and O–H groups in total. The topological polar surface area (TPSA) is 87.5 Å². The second-order valence-corrected chi connectivity index (χ2v) is 5.65. The van der Waals surface area contributed by atoms with Gasteiger partial charge in [0.1, 0.15) is 0 Å². The van der Waals surface area contributed by atoms with Crippen molar-refractivity contribution in [2.75, 3.05) is 26.2 Å². The highest BCUT2D eigenvalue weighted by Crippen LogP contribution is 2.36. The molecule has 0 bridgehead atoms. The molecule has 3 rings (SSSR count). The Labute approximate surface area is 116 Å². The number of rotatable bonds is 1. The summed E-state index contributed by atoms with van der Waals surface area (Å²) in [7, 11) is 0. The van der Waals surface area contributed by atoms with Gasteiger partial charge in [-0.05, 0) is 37.3 Å². The fourth-order valence-corrected chi connectivity index (χ4v) is 3.08. The number of carbonyl (C=O) groups excluding carboxylic acids is 1. The lowest BCUT2D eigenvalue weighted by molar-refractivity contribution is 0.0690. The number of amides is 1. The molecule has 0 unspecified atom stereocenters. The first-order valence-electron chi connectivity index (χ1n) is 6.89. The fraction of sp³-hybridized carbons (Fsp3) is 0.615. The summed E-state index contributed by atoms with van der Waals surface area (Å²) in [5.41, 5.74) is 0.249. The number of carbonyl (C=O) groups is 2. The van der Waals surface area contributed by atoms with Crippen LogP contribution < -0.4 is 5.32 Å². The van der Waals surface area contributed by atoms with Crippen LogP contribution in [0.25, 0.3) is 0 Å². The summed E-state index contributed by atoms with van der Waals surface area (Å²) in [6.45, 7) is 3.53. The third kappa shape index (κ3) is 2.29. The summed E-state index contributed by atoms with van der Waals surface area (Å²) in [6.07, 6.45) is 4.59. The predicted octanol–water partition coefficient (Wildman–Crippen LogP) is 0.625. The van der Waals surface area contributed by atoms with Crippen LogP contribution >= 0.6 is 0 Å². The number of piperidine rings is 1. The summed E-state index contributed by atoms with van der Waals surface area (Å²) in [5.74, 6) is -1.12. The van der Waals surface area contributed by atoms with E-state index in [0.29, 0.717) is 18.5 Å². The van der Waals surface area contributed by atoms with Crippen molar-refractivity contribution < 1.29 is 14.7 Å². The first-order valence-corrected chi connectivity index (χ1v) is 6.89. The minimum absolute atomic E-state index is 0.105. The Kier molecular flexibility index (Phi) is 3.21. The van der Waals surface area contributed by atoms with E-state index in [4.69, 9.17) is 5.11 Å². The van der Waals surface area contributed by atoms with Crippen LogP contribution in [0.5, 0.6) is 0 Å². The van der Waals surface area contributed by atoms with Crippen molar-refractivity contribution in [3.05, 3.63) is 18.0 Å². The Hall–Kier alpha value is -1.89. The minimum atomic E-state index is -1.12. The molecule has 2 aliphatic heterocycles. The standard InChI is InChI=1S/C13H18N4O3/c18-11(19)10-1-6-17(15-10)12(20)16-7-3-13(4-8-16)2-5-14-9-13/h1,6,14H,2-5,7-9H2,(H,18,19). The molecule has 1 aromatic heterocycles. The van der Waals surface area contributed by atoms with Crippen molar-refractivity contribution >= 4 is 12.0 Å². The van der Waals surface area contributed by atoms with Crippen LogP contribution in [-0.2, 0) is 0 Å². The number of aromatic carboxylic acids is 1. The molecule has 1 aromatic rings. The fourth-order valence-electron chi connectivity index (χ4n) is 3.08. The van der Waals surface area contributed by atoms with Crippen LogP contribution in [-0.4, -0.2) is 58.0 Å². The first kappa shape index (κ1) is 13.1. The Bertz CT molecular complexity index is 523. The summed E-state index contributed by atoms with van der Waals surface area (Å²) in [4.78, 5) is 24.8. The summed E-state index contributed by atoms with van der Waals surface area (Å²) in [6, 6.07) is 1.10. The third-order valence-corrected chi connectivity index (χ3v) is 4.43. The van der Waals surface area contributed by atoms with Gasteiger partial charge in [0.2, 0.25) is 0 Å². The number of nitrogens with zero attached hydrogens (tertiary/aromatic N) is 3. The molecule has 2 aliphatic rings. The van der Waals surface area contributed by atoms with Crippen LogP contribution in [0, 0.1) is 5.41 Å². The zero-order valence-corrected chi connectivity index (χ0v) is 11.2. The summed E-state index contributed by atoms with van der Waals surface area (Å²) < 4.78 is 1.12. The molecule has 20 heavy (non-hydrogen) atoms. The van der Waals surface area contributed by atoms with E-state index in [0.717, 1.165) is 30.6 Å². The zero-order chi connectivity index (χ0) is 14.2. The molecule has 3 heterocycles. The molecular weight excluding hydrogens is 260 g/mol. The Balaban J connectivity index is 1.65. The average Bonchev–Trinajstić information content (AvgIpc) is 3.08. The highest BCUT2D eigenvalue weighted by Gasteiger charge is 2.38. The smallest absolute Gasteiger partial charge is 0.356 e. The molecule has 7 nitrogen and oxygen atoms in total. The van der Waals surface area contributed by atoms with Gasteiger partial charge in [-0.15, -0.1) is 0 Å². The normalized spacial score (nSPS) is 21.3. The van der Waals surface area contributed by atoms with Crippen LogP contribution in [0.2, 0.25) is 0 Å². The highest BCUT2D eigenvalue weighted by atomic mass is 16.4. The zero-order valence-electron chi connectivity index (χ0n) is 11.2. The molecule has 0 radical (unpaired) electrons. The van der Waals surface area contributed by atoms with Crippen molar-refractivity contribution in [1.29, 1.82) is 0 Å². The maximum Gasteiger partial charge on any atom is 0.356 e. The first-order chi connectivity index (χ1) is 9.60. The van der Waals surface area contributed by atoms with E-state index in [2.05, 4.69) is 10.4 Å². The van der Waals surface area contributed by atoms with Crippen LogP contribution in [0.3, 0.4) is 0 Å². The number of aromatic nitrogens is 2. The molecule has 7 heteroatoms. The lowest BCUT2D eigenvalue weighted by atomic mass is 9.78. The van der Waals surface area contributed by atoms with Gasteiger partial charge in [-0.25, -0.2) is 9.59 Å². The largest absolute Gasteiger partial charge is 0.476 e. The SMILES string of the molecule is O=C(O)c1ccn(C(=O)N2CCC3(CCNC3)CC2)n1. The molecule has 2 saturated heterocycles. The van der Waals surface area contributed by atoms with Gasteiger partial charge in [-0.1, -0.05) is 0 Å². The van der Waals surface area contributed by atoms with E-state index in [1.165, 1.54) is 18.7 Å². The number of carboxylic acids is 1. The molecule has 1 amide bonds. The summed E-state index contributed by atoms with van der Waals surface area (Å²) >= 11 is 0. The van der Waals surface area contributed by atoms with Gasteiger partial charge in [0.15, 0.2) is 5.69 Å². The molecule has 1 spiro atoms. The van der Waals surface area contributed by atoms with E-state index in [-0.39, 0.29) is 11.7 Å². The van der Waals surface area contributed by atoms with Crippen molar-refractivity contribution in [3.8, 4) is 0 Å². The van der Waals surface area contributed by atoms with E-state index in [9.17, 15) is 9.59 Å². The van der Waals surface area contributed by atoms with Crippen molar-refractivity contribution in [1.82, 2.24) is 20.0 Å². The molecule has 0 saturated carbocycles. The molecule has 108 valence electrons.